The first-order chi connectivity index (χ1) is 8.20. The molecular weight excluding hydrogens is 224 g/mol. The number of thioether (sulfide) groups is 1. The summed E-state index contributed by atoms with van der Waals surface area (Å²) in [6.07, 6.45) is 11.3. The second-order valence-electron chi connectivity index (χ2n) is 5.74. The molecule has 1 heteroatoms. The molecule has 0 aromatic rings. The minimum atomic E-state index is 0.923. The fourth-order valence-electron chi connectivity index (χ4n) is 2.11. The van der Waals surface area contributed by atoms with Crippen LogP contribution in [0.4, 0.5) is 0 Å². The van der Waals surface area contributed by atoms with Crippen LogP contribution in [0.3, 0.4) is 0 Å². The summed E-state index contributed by atoms with van der Waals surface area (Å²) in [5.41, 5.74) is 0. The maximum atomic E-state index is 2.43. The third kappa shape index (κ3) is 12.6. The van der Waals surface area contributed by atoms with E-state index in [1.54, 1.807) is 0 Å². The van der Waals surface area contributed by atoms with Crippen LogP contribution in [0, 0.1) is 11.8 Å². The van der Waals surface area contributed by atoms with E-state index < -0.39 is 0 Å². The van der Waals surface area contributed by atoms with Gasteiger partial charge in [-0.05, 0) is 36.2 Å². The van der Waals surface area contributed by atoms with Gasteiger partial charge in [0.15, 0.2) is 0 Å². The number of rotatable bonds is 12. The smallest absolute Gasteiger partial charge is 0.00417 e. The maximum Gasteiger partial charge on any atom is -0.00417 e. The predicted octanol–water partition coefficient (Wildman–Crippen LogP) is 6.15. The van der Waals surface area contributed by atoms with Crippen LogP contribution in [0.25, 0.3) is 0 Å². The average Bonchev–Trinajstić information content (AvgIpc) is 2.32. The summed E-state index contributed by atoms with van der Waals surface area (Å²) in [5.74, 6) is 4.60. The van der Waals surface area contributed by atoms with Gasteiger partial charge in [-0.1, -0.05) is 66.2 Å². The van der Waals surface area contributed by atoms with E-state index >= 15 is 0 Å². The van der Waals surface area contributed by atoms with Gasteiger partial charge in [0.1, 0.15) is 0 Å². The summed E-state index contributed by atoms with van der Waals surface area (Å²) < 4.78 is 0. The summed E-state index contributed by atoms with van der Waals surface area (Å²) in [5, 5.41) is 0. The van der Waals surface area contributed by atoms with Crippen LogP contribution >= 0.6 is 11.8 Å². The zero-order valence-corrected chi connectivity index (χ0v) is 13.5. The quantitative estimate of drug-likeness (QED) is 0.378. The fourth-order valence-corrected chi connectivity index (χ4v) is 3.38. The summed E-state index contributed by atoms with van der Waals surface area (Å²) in [4.78, 5) is 0. The van der Waals surface area contributed by atoms with Gasteiger partial charge in [0.2, 0.25) is 0 Å². The van der Waals surface area contributed by atoms with Crippen LogP contribution in [0.2, 0.25) is 0 Å². The van der Waals surface area contributed by atoms with Gasteiger partial charge in [0, 0.05) is 0 Å². The Morgan fingerprint density at radius 3 is 1.76 bits per heavy atom. The van der Waals surface area contributed by atoms with Gasteiger partial charge in [0.25, 0.3) is 0 Å². The van der Waals surface area contributed by atoms with Crippen LogP contribution in [0.5, 0.6) is 0 Å². The van der Waals surface area contributed by atoms with Crippen molar-refractivity contribution in [3.63, 3.8) is 0 Å². The van der Waals surface area contributed by atoms with Crippen LogP contribution in [0.15, 0.2) is 0 Å². The van der Waals surface area contributed by atoms with E-state index in [9.17, 15) is 0 Å². The Kier molecular flexibility index (Phi) is 13.1. The molecule has 17 heavy (non-hydrogen) atoms. The third-order valence-electron chi connectivity index (χ3n) is 3.41. The minimum absolute atomic E-state index is 0.923. The van der Waals surface area contributed by atoms with Crippen molar-refractivity contribution >= 4 is 11.8 Å². The highest BCUT2D eigenvalue weighted by Crippen LogP contribution is 2.20. The van der Waals surface area contributed by atoms with Crippen molar-refractivity contribution in [2.24, 2.45) is 11.8 Å². The van der Waals surface area contributed by atoms with E-state index in [1.807, 2.05) is 0 Å². The first-order valence-electron chi connectivity index (χ1n) is 7.78. The Bertz CT molecular complexity index is 144. The summed E-state index contributed by atoms with van der Waals surface area (Å²) in [6.45, 7) is 9.42. The Morgan fingerprint density at radius 2 is 1.24 bits per heavy atom. The molecule has 0 heterocycles. The Morgan fingerprint density at radius 1 is 0.706 bits per heavy atom. The molecule has 2 atom stereocenters. The molecule has 0 aliphatic heterocycles. The van der Waals surface area contributed by atoms with Gasteiger partial charge in [0.05, 0.1) is 0 Å². The number of hydrogen-bond acceptors (Lipinski definition) is 1. The highest BCUT2D eigenvalue weighted by molar-refractivity contribution is 7.99. The third-order valence-corrected chi connectivity index (χ3v) is 5.02. The molecule has 0 aromatic carbocycles. The molecule has 0 saturated carbocycles. The molecular formula is C16H34S. The monoisotopic (exact) mass is 258 g/mol. The first-order valence-corrected chi connectivity index (χ1v) is 8.93. The lowest BCUT2D eigenvalue weighted by molar-refractivity contribution is 0.528. The number of hydrogen-bond donors (Lipinski definition) is 0. The fraction of sp³-hybridized carbons (Fsp3) is 1.00. The molecule has 0 aliphatic carbocycles. The molecule has 0 nitrogen and oxygen atoms in total. The van der Waals surface area contributed by atoms with Crippen molar-refractivity contribution in [1.29, 1.82) is 0 Å². The lowest BCUT2D eigenvalue weighted by Crippen LogP contribution is -2.03. The van der Waals surface area contributed by atoms with Crippen LogP contribution in [0.1, 0.15) is 79.1 Å². The molecule has 104 valence electrons. The molecule has 0 N–H and O–H groups in total. The standard InChI is InChI=1S/C16H34S/c1-5-7-9-10-12-16(4)14-17-13-15(3)11-8-6-2/h15-16H,5-14H2,1-4H3. The van der Waals surface area contributed by atoms with E-state index in [0.717, 1.165) is 11.8 Å². The normalized spacial score (nSPS) is 14.8. The first kappa shape index (κ1) is 17.4. The van der Waals surface area contributed by atoms with Gasteiger partial charge >= 0.3 is 0 Å². The highest BCUT2D eigenvalue weighted by atomic mass is 32.2. The van der Waals surface area contributed by atoms with Crippen molar-refractivity contribution in [2.75, 3.05) is 11.5 Å². The molecule has 0 aliphatic rings. The van der Waals surface area contributed by atoms with Crippen LogP contribution < -0.4 is 0 Å². The maximum absolute atomic E-state index is 2.43. The van der Waals surface area contributed by atoms with Crippen LogP contribution in [-0.4, -0.2) is 11.5 Å². The largest absolute Gasteiger partial charge is 0.161 e. The molecule has 0 bridgehead atoms. The second kappa shape index (κ2) is 12.8. The molecule has 0 rings (SSSR count). The molecule has 0 radical (unpaired) electrons. The summed E-state index contributed by atoms with van der Waals surface area (Å²) >= 11 is 2.18. The van der Waals surface area contributed by atoms with Crippen molar-refractivity contribution in [3.05, 3.63) is 0 Å². The SMILES string of the molecule is CCCCCCC(C)CSCC(C)CCCC. The predicted molar refractivity (Wildman–Crippen MR) is 83.9 cm³/mol. The number of unbranched alkanes of at least 4 members (excludes halogenated alkanes) is 4. The highest BCUT2D eigenvalue weighted by Gasteiger charge is 2.05. The average molecular weight is 259 g/mol. The topological polar surface area (TPSA) is 0 Å². The van der Waals surface area contributed by atoms with Crippen molar-refractivity contribution in [1.82, 2.24) is 0 Å². The minimum Gasteiger partial charge on any atom is -0.161 e. The molecule has 0 saturated heterocycles. The zero-order valence-electron chi connectivity index (χ0n) is 12.6. The second-order valence-corrected chi connectivity index (χ2v) is 6.81. The van der Waals surface area contributed by atoms with Gasteiger partial charge in [-0.15, -0.1) is 0 Å². The molecule has 0 spiro atoms. The van der Waals surface area contributed by atoms with E-state index in [1.165, 1.54) is 62.9 Å². The lowest BCUT2D eigenvalue weighted by Gasteiger charge is -2.14. The van der Waals surface area contributed by atoms with Crippen molar-refractivity contribution < 1.29 is 0 Å². The summed E-state index contributed by atoms with van der Waals surface area (Å²) in [6, 6.07) is 0. The van der Waals surface area contributed by atoms with Crippen LogP contribution in [-0.2, 0) is 0 Å². The van der Waals surface area contributed by atoms with E-state index in [-0.39, 0.29) is 0 Å². The van der Waals surface area contributed by atoms with Gasteiger partial charge in [-0.3, -0.25) is 0 Å². The van der Waals surface area contributed by atoms with E-state index in [2.05, 4.69) is 39.5 Å². The van der Waals surface area contributed by atoms with E-state index in [4.69, 9.17) is 0 Å². The lowest BCUT2D eigenvalue weighted by atomic mass is 10.0. The van der Waals surface area contributed by atoms with Crippen molar-refractivity contribution in [3.8, 4) is 0 Å². The Balaban J connectivity index is 3.28. The van der Waals surface area contributed by atoms with Gasteiger partial charge < -0.3 is 0 Å². The van der Waals surface area contributed by atoms with Gasteiger partial charge in [-0.25, -0.2) is 0 Å². The molecule has 0 aromatic heterocycles. The Labute approximate surface area is 114 Å². The molecule has 0 amide bonds. The van der Waals surface area contributed by atoms with E-state index in [0.29, 0.717) is 0 Å². The Hall–Kier alpha value is 0.350. The van der Waals surface area contributed by atoms with Gasteiger partial charge in [-0.2, -0.15) is 11.8 Å². The zero-order chi connectivity index (χ0) is 12.9. The summed E-state index contributed by atoms with van der Waals surface area (Å²) in [7, 11) is 0. The van der Waals surface area contributed by atoms with Crippen molar-refractivity contribution in [2.45, 2.75) is 79.1 Å². The molecule has 2 unspecified atom stereocenters. The molecule has 0 fully saturated rings.